The van der Waals surface area contributed by atoms with E-state index in [1.165, 1.54) is 6.07 Å². The van der Waals surface area contributed by atoms with Crippen molar-refractivity contribution in [1.29, 1.82) is 0 Å². The number of pyridine rings is 1. The van der Waals surface area contributed by atoms with E-state index in [1.54, 1.807) is 30.7 Å². The average molecular weight is 325 g/mol. The molecule has 7 heteroatoms. The summed E-state index contributed by atoms with van der Waals surface area (Å²) in [4.78, 5) is 17.4. The van der Waals surface area contributed by atoms with E-state index in [0.29, 0.717) is 30.6 Å². The SMILES string of the molecule is O=[N+]([O-])c1ccc(N2CCOC(c3ccco3)C2)c2ncccc12. The molecular formula is C17H15N3O4. The van der Waals surface area contributed by atoms with Crippen molar-refractivity contribution >= 4 is 22.3 Å². The third kappa shape index (κ3) is 2.48. The molecule has 1 unspecified atom stereocenters. The summed E-state index contributed by atoms with van der Waals surface area (Å²) < 4.78 is 11.2. The second-order valence-corrected chi connectivity index (χ2v) is 5.58. The van der Waals surface area contributed by atoms with E-state index in [1.807, 2.05) is 12.1 Å². The van der Waals surface area contributed by atoms with Crippen LogP contribution in [0, 0.1) is 10.1 Å². The maximum absolute atomic E-state index is 11.2. The number of aromatic nitrogens is 1. The van der Waals surface area contributed by atoms with Gasteiger partial charge < -0.3 is 14.1 Å². The standard InChI is InChI=1S/C17H15N3O4/c21-20(22)13-5-6-14(17-12(13)3-1-7-18-17)19-8-10-24-16(11-19)15-4-2-9-23-15/h1-7,9,16H,8,10-11H2. The Balaban J connectivity index is 1.74. The second kappa shape index (κ2) is 5.93. The smallest absolute Gasteiger partial charge is 0.278 e. The van der Waals surface area contributed by atoms with Crippen LogP contribution in [0.5, 0.6) is 0 Å². The van der Waals surface area contributed by atoms with Crippen molar-refractivity contribution in [3.05, 3.63) is 64.7 Å². The fraction of sp³-hybridized carbons (Fsp3) is 0.235. The van der Waals surface area contributed by atoms with Crippen LogP contribution in [0.1, 0.15) is 11.9 Å². The Labute approximate surface area is 137 Å². The number of hydrogen-bond donors (Lipinski definition) is 0. The molecule has 1 aromatic carbocycles. The minimum Gasteiger partial charge on any atom is -0.467 e. The molecule has 0 amide bonds. The number of nitro benzene ring substituents is 1. The third-order valence-corrected chi connectivity index (χ3v) is 4.19. The number of benzene rings is 1. The molecule has 0 spiro atoms. The first-order valence-electron chi connectivity index (χ1n) is 7.66. The van der Waals surface area contributed by atoms with Gasteiger partial charge in [-0.2, -0.15) is 0 Å². The van der Waals surface area contributed by atoms with E-state index in [0.717, 1.165) is 11.4 Å². The van der Waals surface area contributed by atoms with Gasteiger partial charge in [-0.15, -0.1) is 0 Å². The van der Waals surface area contributed by atoms with Crippen LogP contribution in [0.3, 0.4) is 0 Å². The zero-order valence-electron chi connectivity index (χ0n) is 12.8. The van der Waals surface area contributed by atoms with E-state index in [-0.39, 0.29) is 16.7 Å². The Morgan fingerprint density at radius 1 is 1.25 bits per heavy atom. The van der Waals surface area contributed by atoms with Crippen molar-refractivity contribution < 1.29 is 14.1 Å². The number of fused-ring (bicyclic) bond motifs is 1. The van der Waals surface area contributed by atoms with E-state index in [9.17, 15) is 10.1 Å². The summed E-state index contributed by atoms with van der Waals surface area (Å²) in [7, 11) is 0. The lowest BCUT2D eigenvalue weighted by molar-refractivity contribution is -0.383. The van der Waals surface area contributed by atoms with Crippen molar-refractivity contribution in [3.8, 4) is 0 Å². The van der Waals surface area contributed by atoms with Crippen molar-refractivity contribution in [2.45, 2.75) is 6.10 Å². The van der Waals surface area contributed by atoms with Crippen LogP contribution in [0.2, 0.25) is 0 Å². The van der Waals surface area contributed by atoms with Gasteiger partial charge in [-0.05, 0) is 30.3 Å². The Morgan fingerprint density at radius 3 is 2.96 bits per heavy atom. The van der Waals surface area contributed by atoms with Gasteiger partial charge in [0.2, 0.25) is 0 Å². The second-order valence-electron chi connectivity index (χ2n) is 5.58. The molecule has 0 bridgehead atoms. The summed E-state index contributed by atoms with van der Waals surface area (Å²) in [6, 6.07) is 10.5. The van der Waals surface area contributed by atoms with Crippen LogP contribution < -0.4 is 4.90 Å². The molecule has 2 aromatic heterocycles. The highest BCUT2D eigenvalue weighted by molar-refractivity contribution is 5.97. The fourth-order valence-corrected chi connectivity index (χ4v) is 3.07. The van der Waals surface area contributed by atoms with Crippen LogP contribution in [-0.2, 0) is 4.74 Å². The summed E-state index contributed by atoms with van der Waals surface area (Å²) in [5, 5.41) is 11.8. The number of non-ortho nitro benzene ring substituents is 1. The number of rotatable bonds is 3. The topological polar surface area (TPSA) is 81.6 Å². The molecule has 122 valence electrons. The van der Waals surface area contributed by atoms with E-state index in [4.69, 9.17) is 9.15 Å². The zero-order valence-corrected chi connectivity index (χ0v) is 12.8. The van der Waals surface area contributed by atoms with Crippen molar-refractivity contribution in [2.24, 2.45) is 0 Å². The molecule has 1 fully saturated rings. The molecule has 4 rings (SSSR count). The van der Waals surface area contributed by atoms with Crippen LogP contribution >= 0.6 is 0 Å². The summed E-state index contributed by atoms with van der Waals surface area (Å²) in [5.74, 6) is 0.777. The minimum absolute atomic E-state index is 0.0673. The largest absolute Gasteiger partial charge is 0.467 e. The summed E-state index contributed by atoms with van der Waals surface area (Å²) in [5.41, 5.74) is 1.57. The van der Waals surface area contributed by atoms with Gasteiger partial charge in [0.25, 0.3) is 5.69 Å². The normalized spacial score (nSPS) is 18.0. The quantitative estimate of drug-likeness (QED) is 0.543. The highest BCUT2D eigenvalue weighted by Crippen LogP contribution is 2.34. The fourth-order valence-electron chi connectivity index (χ4n) is 3.07. The number of anilines is 1. The average Bonchev–Trinajstić information content (AvgIpc) is 3.15. The number of furan rings is 1. The van der Waals surface area contributed by atoms with Gasteiger partial charge in [0.1, 0.15) is 17.4 Å². The number of nitro groups is 1. The minimum atomic E-state index is -0.376. The molecule has 3 heterocycles. The summed E-state index contributed by atoms with van der Waals surface area (Å²) >= 11 is 0. The predicted molar refractivity (Wildman–Crippen MR) is 88.0 cm³/mol. The number of nitrogens with zero attached hydrogens (tertiary/aromatic N) is 3. The molecule has 0 radical (unpaired) electrons. The van der Waals surface area contributed by atoms with Crippen molar-refractivity contribution in [2.75, 3.05) is 24.6 Å². The highest BCUT2D eigenvalue weighted by atomic mass is 16.6. The Kier molecular flexibility index (Phi) is 3.62. The van der Waals surface area contributed by atoms with Crippen molar-refractivity contribution in [1.82, 2.24) is 4.98 Å². The van der Waals surface area contributed by atoms with Gasteiger partial charge in [0, 0.05) is 18.8 Å². The number of hydrogen-bond acceptors (Lipinski definition) is 6. The number of morpholine rings is 1. The van der Waals surface area contributed by atoms with Crippen LogP contribution in [0.4, 0.5) is 11.4 Å². The Hall–Kier alpha value is -2.93. The first-order chi connectivity index (χ1) is 11.7. The maximum Gasteiger partial charge on any atom is 0.278 e. The van der Waals surface area contributed by atoms with Gasteiger partial charge in [0.05, 0.1) is 35.4 Å². The molecule has 1 aliphatic heterocycles. The molecule has 0 N–H and O–H groups in total. The molecule has 24 heavy (non-hydrogen) atoms. The summed E-state index contributed by atoms with van der Waals surface area (Å²) in [6.07, 6.45) is 3.11. The van der Waals surface area contributed by atoms with E-state index >= 15 is 0 Å². The lowest BCUT2D eigenvalue weighted by atomic mass is 10.1. The third-order valence-electron chi connectivity index (χ3n) is 4.19. The molecule has 1 saturated heterocycles. The van der Waals surface area contributed by atoms with Crippen molar-refractivity contribution in [3.63, 3.8) is 0 Å². The van der Waals surface area contributed by atoms with Gasteiger partial charge in [-0.25, -0.2) is 0 Å². The molecule has 1 atom stereocenters. The predicted octanol–water partition coefficient (Wildman–Crippen LogP) is 3.31. The monoisotopic (exact) mass is 325 g/mol. The highest BCUT2D eigenvalue weighted by Gasteiger charge is 2.26. The molecular weight excluding hydrogens is 310 g/mol. The molecule has 3 aromatic rings. The van der Waals surface area contributed by atoms with Gasteiger partial charge in [0.15, 0.2) is 0 Å². The van der Waals surface area contributed by atoms with Crippen LogP contribution in [-0.4, -0.2) is 29.6 Å². The van der Waals surface area contributed by atoms with Gasteiger partial charge in [-0.3, -0.25) is 15.1 Å². The van der Waals surface area contributed by atoms with Crippen LogP contribution in [0.15, 0.2) is 53.3 Å². The van der Waals surface area contributed by atoms with Gasteiger partial charge in [-0.1, -0.05) is 0 Å². The van der Waals surface area contributed by atoms with Gasteiger partial charge >= 0.3 is 0 Å². The Bertz CT molecular complexity index is 879. The molecule has 7 nitrogen and oxygen atoms in total. The summed E-state index contributed by atoms with van der Waals surface area (Å²) in [6.45, 7) is 1.86. The lowest BCUT2D eigenvalue weighted by Crippen LogP contribution is -2.38. The maximum atomic E-state index is 11.2. The lowest BCUT2D eigenvalue weighted by Gasteiger charge is -2.34. The van der Waals surface area contributed by atoms with E-state index in [2.05, 4.69) is 9.88 Å². The van der Waals surface area contributed by atoms with E-state index < -0.39 is 0 Å². The zero-order chi connectivity index (χ0) is 16.5. The molecule has 0 aliphatic carbocycles. The molecule has 1 aliphatic rings. The van der Waals surface area contributed by atoms with Crippen LogP contribution in [0.25, 0.3) is 10.9 Å². The first kappa shape index (κ1) is 14.6. The number of ether oxygens (including phenoxy) is 1. The Morgan fingerprint density at radius 2 is 2.17 bits per heavy atom. The molecule has 0 saturated carbocycles. The first-order valence-corrected chi connectivity index (χ1v) is 7.66.